The van der Waals surface area contributed by atoms with Gasteiger partial charge < -0.3 is 10.1 Å². The first-order valence-corrected chi connectivity index (χ1v) is 8.21. The average molecular weight is 296 g/mol. The van der Waals surface area contributed by atoms with Gasteiger partial charge in [-0.1, -0.05) is 13.8 Å². The summed E-state index contributed by atoms with van der Waals surface area (Å²) in [4.78, 5) is 14.3. The molecule has 1 saturated heterocycles. The molecule has 1 amide bonds. The largest absolute Gasteiger partial charge is 0.379 e. The lowest BCUT2D eigenvalue weighted by Crippen LogP contribution is -2.43. The van der Waals surface area contributed by atoms with Crippen LogP contribution < -0.4 is 5.32 Å². The summed E-state index contributed by atoms with van der Waals surface area (Å²) in [6, 6.07) is 2.42. The molecular formula is C15H24N2O2S. The van der Waals surface area contributed by atoms with Crippen LogP contribution in [0.4, 0.5) is 0 Å². The molecule has 0 bridgehead atoms. The zero-order valence-corrected chi connectivity index (χ0v) is 13.1. The number of nitrogens with one attached hydrogen (secondary N) is 1. The molecule has 1 aliphatic rings. The van der Waals surface area contributed by atoms with Crippen LogP contribution in [0.15, 0.2) is 16.8 Å². The van der Waals surface area contributed by atoms with Crippen molar-refractivity contribution < 1.29 is 9.53 Å². The maximum Gasteiger partial charge on any atom is 0.220 e. The Balaban J connectivity index is 1.94. The van der Waals surface area contributed by atoms with Gasteiger partial charge in [0.25, 0.3) is 0 Å². The number of carbonyl (C=O) groups excluding carboxylic acids is 1. The number of ether oxygens (including phenoxy) is 1. The van der Waals surface area contributed by atoms with E-state index in [1.807, 2.05) is 0 Å². The van der Waals surface area contributed by atoms with E-state index in [1.54, 1.807) is 11.3 Å². The third kappa shape index (κ3) is 4.58. The van der Waals surface area contributed by atoms with Crippen LogP contribution in [0.5, 0.6) is 0 Å². The Morgan fingerprint density at radius 3 is 2.80 bits per heavy atom. The van der Waals surface area contributed by atoms with E-state index in [1.165, 1.54) is 5.56 Å². The first kappa shape index (κ1) is 15.5. The summed E-state index contributed by atoms with van der Waals surface area (Å²) >= 11 is 1.71. The maximum atomic E-state index is 11.9. The molecular weight excluding hydrogens is 272 g/mol. The molecule has 1 aromatic rings. The summed E-state index contributed by atoms with van der Waals surface area (Å²) in [6.45, 7) is 8.24. The van der Waals surface area contributed by atoms with Crippen molar-refractivity contribution in [3.05, 3.63) is 22.4 Å². The molecule has 20 heavy (non-hydrogen) atoms. The van der Waals surface area contributed by atoms with Crippen molar-refractivity contribution in [1.29, 1.82) is 0 Å². The van der Waals surface area contributed by atoms with Crippen LogP contribution in [-0.4, -0.2) is 43.7 Å². The summed E-state index contributed by atoms with van der Waals surface area (Å²) in [6.07, 6.45) is 0.597. The lowest BCUT2D eigenvalue weighted by atomic mass is 10.1. The number of morpholine rings is 1. The van der Waals surface area contributed by atoms with Gasteiger partial charge in [-0.15, -0.1) is 0 Å². The number of thiophene rings is 1. The van der Waals surface area contributed by atoms with Gasteiger partial charge in [-0.3, -0.25) is 9.69 Å². The lowest BCUT2D eigenvalue weighted by molar-refractivity contribution is -0.122. The first-order valence-electron chi connectivity index (χ1n) is 7.27. The quantitative estimate of drug-likeness (QED) is 0.875. The van der Waals surface area contributed by atoms with E-state index in [0.29, 0.717) is 18.9 Å². The van der Waals surface area contributed by atoms with Crippen molar-refractivity contribution in [3.63, 3.8) is 0 Å². The maximum absolute atomic E-state index is 11.9. The minimum Gasteiger partial charge on any atom is -0.379 e. The number of amides is 1. The van der Waals surface area contributed by atoms with E-state index in [4.69, 9.17) is 4.74 Å². The number of nitrogens with zero attached hydrogens (tertiary/aromatic N) is 1. The van der Waals surface area contributed by atoms with Gasteiger partial charge in [0.15, 0.2) is 0 Å². The van der Waals surface area contributed by atoms with Gasteiger partial charge in [-0.25, -0.2) is 0 Å². The molecule has 1 atom stereocenters. The van der Waals surface area contributed by atoms with E-state index < -0.39 is 0 Å². The van der Waals surface area contributed by atoms with Gasteiger partial charge in [-0.2, -0.15) is 11.3 Å². The highest BCUT2D eigenvalue weighted by Crippen LogP contribution is 2.23. The van der Waals surface area contributed by atoms with Gasteiger partial charge in [0.2, 0.25) is 5.91 Å². The van der Waals surface area contributed by atoms with Crippen LogP contribution >= 0.6 is 11.3 Å². The van der Waals surface area contributed by atoms with Gasteiger partial charge in [-0.05, 0) is 28.3 Å². The molecule has 1 aliphatic heterocycles. The predicted octanol–water partition coefficient (Wildman–Crippen LogP) is 2.28. The van der Waals surface area contributed by atoms with Crippen molar-refractivity contribution >= 4 is 17.2 Å². The molecule has 112 valence electrons. The monoisotopic (exact) mass is 296 g/mol. The third-order valence-corrected chi connectivity index (χ3v) is 4.20. The van der Waals surface area contributed by atoms with Crippen LogP contribution in [0.3, 0.4) is 0 Å². The Morgan fingerprint density at radius 1 is 1.45 bits per heavy atom. The fraction of sp³-hybridized carbons (Fsp3) is 0.667. The van der Waals surface area contributed by atoms with E-state index in [9.17, 15) is 4.79 Å². The molecule has 0 aromatic carbocycles. The molecule has 2 heterocycles. The topological polar surface area (TPSA) is 41.6 Å². The second-order valence-corrected chi connectivity index (χ2v) is 6.40. The van der Waals surface area contributed by atoms with E-state index in [-0.39, 0.29) is 11.9 Å². The Labute approximate surface area is 125 Å². The molecule has 1 unspecified atom stereocenters. The van der Waals surface area contributed by atoms with Crippen LogP contribution in [0.2, 0.25) is 0 Å². The summed E-state index contributed by atoms with van der Waals surface area (Å²) in [5.41, 5.74) is 1.29. The number of carbonyl (C=O) groups is 1. The second kappa shape index (κ2) is 7.76. The van der Waals surface area contributed by atoms with E-state index in [0.717, 1.165) is 26.3 Å². The fourth-order valence-electron chi connectivity index (χ4n) is 2.46. The van der Waals surface area contributed by atoms with Gasteiger partial charge in [0.05, 0.1) is 19.3 Å². The number of rotatable bonds is 6. The van der Waals surface area contributed by atoms with Crippen LogP contribution in [0.1, 0.15) is 31.9 Å². The Morgan fingerprint density at radius 2 is 2.20 bits per heavy atom. The molecule has 1 N–H and O–H groups in total. The molecule has 1 fully saturated rings. The predicted molar refractivity (Wildman–Crippen MR) is 81.9 cm³/mol. The molecule has 5 heteroatoms. The number of hydrogen-bond acceptors (Lipinski definition) is 4. The van der Waals surface area contributed by atoms with Gasteiger partial charge >= 0.3 is 0 Å². The zero-order chi connectivity index (χ0) is 14.4. The minimum atomic E-state index is 0.147. The van der Waals surface area contributed by atoms with E-state index in [2.05, 4.69) is 40.9 Å². The molecule has 1 aromatic heterocycles. The van der Waals surface area contributed by atoms with Crippen LogP contribution in [0, 0.1) is 5.92 Å². The zero-order valence-electron chi connectivity index (χ0n) is 12.3. The normalized spacial score (nSPS) is 18.1. The second-order valence-electron chi connectivity index (χ2n) is 5.62. The molecule has 0 aliphatic carbocycles. The van der Waals surface area contributed by atoms with Crippen molar-refractivity contribution in [2.24, 2.45) is 5.92 Å². The highest BCUT2D eigenvalue weighted by molar-refractivity contribution is 7.07. The fourth-order valence-corrected chi connectivity index (χ4v) is 3.17. The van der Waals surface area contributed by atoms with Crippen LogP contribution in [-0.2, 0) is 9.53 Å². The van der Waals surface area contributed by atoms with Crippen LogP contribution in [0.25, 0.3) is 0 Å². The summed E-state index contributed by atoms with van der Waals surface area (Å²) < 4.78 is 5.42. The lowest BCUT2D eigenvalue weighted by Gasteiger charge is -2.34. The SMILES string of the molecule is CC(C)CC(=O)NCC(c1ccsc1)N1CCOCC1. The van der Waals surface area contributed by atoms with Crippen molar-refractivity contribution in [2.45, 2.75) is 26.3 Å². The number of hydrogen-bond donors (Lipinski definition) is 1. The minimum absolute atomic E-state index is 0.147. The standard InChI is InChI=1S/C15H24N2O2S/c1-12(2)9-15(18)16-10-14(13-3-8-20-11-13)17-4-6-19-7-5-17/h3,8,11-12,14H,4-7,9-10H2,1-2H3,(H,16,18). The van der Waals surface area contributed by atoms with Crippen molar-refractivity contribution in [2.75, 3.05) is 32.8 Å². The summed E-state index contributed by atoms with van der Waals surface area (Å²) in [7, 11) is 0. The third-order valence-electron chi connectivity index (χ3n) is 3.50. The van der Waals surface area contributed by atoms with Gasteiger partial charge in [0.1, 0.15) is 0 Å². The van der Waals surface area contributed by atoms with Crippen molar-refractivity contribution in [1.82, 2.24) is 10.2 Å². The molecule has 0 radical (unpaired) electrons. The van der Waals surface area contributed by atoms with Gasteiger partial charge in [0, 0.05) is 26.1 Å². The van der Waals surface area contributed by atoms with Crippen molar-refractivity contribution in [3.8, 4) is 0 Å². The summed E-state index contributed by atoms with van der Waals surface area (Å²) in [5, 5.41) is 7.35. The highest BCUT2D eigenvalue weighted by Gasteiger charge is 2.23. The molecule has 2 rings (SSSR count). The first-order chi connectivity index (χ1) is 9.66. The Kier molecular flexibility index (Phi) is 6.01. The Hall–Kier alpha value is -0.910. The molecule has 0 spiro atoms. The molecule has 4 nitrogen and oxygen atoms in total. The van der Waals surface area contributed by atoms with E-state index >= 15 is 0 Å². The smallest absolute Gasteiger partial charge is 0.220 e. The highest BCUT2D eigenvalue weighted by atomic mass is 32.1. The summed E-state index contributed by atoms with van der Waals surface area (Å²) in [5.74, 6) is 0.548. The average Bonchev–Trinajstić information content (AvgIpc) is 2.93. The molecule has 0 saturated carbocycles. The Bertz CT molecular complexity index is 400.